The molecule has 0 aliphatic carbocycles. The zero-order valence-electron chi connectivity index (χ0n) is 9.76. The molecule has 0 N–H and O–H groups in total. The fourth-order valence-corrected chi connectivity index (χ4v) is 1.68. The first-order valence-corrected chi connectivity index (χ1v) is 6.28. The summed E-state index contributed by atoms with van der Waals surface area (Å²) in [6.07, 6.45) is 3.80. The van der Waals surface area contributed by atoms with E-state index in [-0.39, 0.29) is 0 Å². The monoisotopic (exact) mass is 270 g/mol. The zero-order valence-corrected chi connectivity index (χ0v) is 11.3. The molecule has 0 amide bonds. The Morgan fingerprint density at radius 3 is 2.67 bits per heavy atom. The van der Waals surface area contributed by atoms with E-state index in [0.29, 0.717) is 0 Å². The first-order valence-electron chi connectivity index (χ1n) is 5.49. The van der Waals surface area contributed by atoms with Gasteiger partial charge in [0.1, 0.15) is 5.82 Å². The van der Waals surface area contributed by atoms with Crippen LogP contribution in [0.4, 0.5) is 5.82 Å². The van der Waals surface area contributed by atoms with Gasteiger partial charge >= 0.3 is 0 Å². The van der Waals surface area contributed by atoms with Crippen LogP contribution in [0.15, 0.2) is 16.6 Å². The van der Waals surface area contributed by atoms with E-state index < -0.39 is 0 Å². The topological polar surface area (TPSA) is 16.1 Å². The summed E-state index contributed by atoms with van der Waals surface area (Å²) in [7, 11) is 2.10. The van der Waals surface area contributed by atoms with Gasteiger partial charge in [-0.25, -0.2) is 4.98 Å². The highest BCUT2D eigenvalue weighted by molar-refractivity contribution is 9.10. The van der Waals surface area contributed by atoms with Gasteiger partial charge in [0, 0.05) is 18.1 Å². The molecule has 0 saturated heterocycles. The molecule has 0 spiro atoms. The maximum absolute atomic E-state index is 4.53. The Labute approximate surface area is 101 Å². The Bertz CT molecular complexity index is 312. The lowest BCUT2D eigenvalue weighted by Gasteiger charge is -2.18. The molecule has 1 aromatic rings. The molecule has 0 saturated carbocycles. The number of aryl methyl sites for hydroxylation is 1. The van der Waals surface area contributed by atoms with Crippen molar-refractivity contribution in [1.82, 2.24) is 4.98 Å². The maximum Gasteiger partial charge on any atom is 0.128 e. The summed E-state index contributed by atoms with van der Waals surface area (Å²) in [5.41, 5.74) is 1.05. The van der Waals surface area contributed by atoms with E-state index in [1.54, 1.807) is 0 Å². The van der Waals surface area contributed by atoms with Gasteiger partial charge in [-0.3, -0.25) is 0 Å². The zero-order chi connectivity index (χ0) is 11.3. The molecule has 0 atom stereocenters. The molecule has 0 fully saturated rings. The summed E-state index contributed by atoms with van der Waals surface area (Å²) in [6.45, 7) is 5.33. The molecule has 2 nitrogen and oxygen atoms in total. The summed E-state index contributed by atoms with van der Waals surface area (Å²) < 4.78 is 1.08. The average molecular weight is 271 g/mol. The molecule has 3 heteroatoms. The summed E-state index contributed by atoms with van der Waals surface area (Å²) in [5, 5.41) is 0. The molecule has 1 rings (SSSR count). The van der Waals surface area contributed by atoms with Gasteiger partial charge < -0.3 is 4.90 Å². The number of hydrogen-bond acceptors (Lipinski definition) is 2. The molecule has 0 aliphatic heterocycles. The SMILES string of the molecule is CCCCCN(C)c1ccc(Br)c(C)n1. The standard InChI is InChI=1S/C12H19BrN2/c1-4-5-6-9-15(3)12-8-7-11(13)10(2)14-12/h7-8H,4-6,9H2,1-3H3. The summed E-state index contributed by atoms with van der Waals surface area (Å²) in [5.74, 6) is 1.06. The number of anilines is 1. The first kappa shape index (κ1) is 12.5. The van der Waals surface area contributed by atoms with Crippen LogP contribution < -0.4 is 4.90 Å². The smallest absolute Gasteiger partial charge is 0.128 e. The summed E-state index contributed by atoms with van der Waals surface area (Å²) in [4.78, 5) is 6.75. The van der Waals surface area contributed by atoms with Crippen LogP contribution in [0, 0.1) is 6.92 Å². The van der Waals surface area contributed by atoms with Gasteiger partial charge in [0.15, 0.2) is 0 Å². The van der Waals surface area contributed by atoms with E-state index in [1.165, 1.54) is 19.3 Å². The highest BCUT2D eigenvalue weighted by Gasteiger charge is 2.03. The predicted octanol–water partition coefficient (Wildman–Crippen LogP) is 3.78. The number of rotatable bonds is 5. The van der Waals surface area contributed by atoms with E-state index in [1.807, 2.05) is 6.92 Å². The molecular weight excluding hydrogens is 252 g/mol. The van der Waals surface area contributed by atoms with Crippen molar-refractivity contribution in [1.29, 1.82) is 0 Å². The van der Waals surface area contributed by atoms with Gasteiger partial charge in [-0.05, 0) is 41.4 Å². The highest BCUT2D eigenvalue weighted by atomic mass is 79.9. The van der Waals surface area contributed by atoms with E-state index in [2.05, 4.69) is 51.9 Å². The van der Waals surface area contributed by atoms with Crippen LogP contribution in [-0.4, -0.2) is 18.6 Å². The van der Waals surface area contributed by atoms with Crippen LogP contribution in [0.3, 0.4) is 0 Å². The number of aromatic nitrogens is 1. The quantitative estimate of drug-likeness (QED) is 0.758. The van der Waals surface area contributed by atoms with Crippen molar-refractivity contribution in [3.8, 4) is 0 Å². The Hall–Kier alpha value is -0.570. The minimum Gasteiger partial charge on any atom is -0.360 e. The van der Waals surface area contributed by atoms with E-state index in [9.17, 15) is 0 Å². The third-order valence-electron chi connectivity index (χ3n) is 2.49. The van der Waals surface area contributed by atoms with Crippen molar-refractivity contribution in [2.75, 3.05) is 18.5 Å². The second kappa shape index (κ2) is 6.11. The Morgan fingerprint density at radius 1 is 1.33 bits per heavy atom. The molecule has 15 heavy (non-hydrogen) atoms. The lowest BCUT2D eigenvalue weighted by Crippen LogP contribution is -2.19. The number of nitrogens with zero attached hydrogens (tertiary/aromatic N) is 2. The third-order valence-corrected chi connectivity index (χ3v) is 3.33. The van der Waals surface area contributed by atoms with Gasteiger partial charge in [-0.2, -0.15) is 0 Å². The van der Waals surface area contributed by atoms with Gasteiger partial charge in [-0.1, -0.05) is 19.8 Å². The van der Waals surface area contributed by atoms with Gasteiger partial charge in [0.25, 0.3) is 0 Å². The van der Waals surface area contributed by atoms with Crippen LogP contribution in [0.25, 0.3) is 0 Å². The summed E-state index contributed by atoms with van der Waals surface area (Å²) >= 11 is 3.46. The first-order chi connectivity index (χ1) is 7.15. The number of unbranched alkanes of at least 4 members (excludes halogenated alkanes) is 2. The largest absolute Gasteiger partial charge is 0.360 e. The number of halogens is 1. The number of hydrogen-bond donors (Lipinski definition) is 0. The van der Waals surface area contributed by atoms with E-state index >= 15 is 0 Å². The van der Waals surface area contributed by atoms with Crippen LogP contribution in [0.1, 0.15) is 31.9 Å². The minimum atomic E-state index is 1.05. The van der Waals surface area contributed by atoms with Gasteiger partial charge in [-0.15, -0.1) is 0 Å². The van der Waals surface area contributed by atoms with Crippen LogP contribution in [0.5, 0.6) is 0 Å². The second-order valence-electron chi connectivity index (χ2n) is 3.87. The molecule has 84 valence electrons. The third kappa shape index (κ3) is 3.82. The summed E-state index contributed by atoms with van der Waals surface area (Å²) in [6, 6.07) is 4.12. The van der Waals surface area contributed by atoms with Crippen molar-refractivity contribution < 1.29 is 0 Å². The second-order valence-corrected chi connectivity index (χ2v) is 4.72. The molecule has 0 aromatic carbocycles. The average Bonchev–Trinajstić information content (AvgIpc) is 2.22. The molecular formula is C12H19BrN2. The fraction of sp³-hybridized carbons (Fsp3) is 0.583. The normalized spacial score (nSPS) is 10.4. The Balaban J connectivity index is 2.57. The lowest BCUT2D eigenvalue weighted by atomic mass is 10.2. The molecule has 0 radical (unpaired) electrons. The van der Waals surface area contributed by atoms with Gasteiger partial charge in [0.05, 0.1) is 5.69 Å². The van der Waals surface area contributed by atoms with Crippen LogP contribution in [0.2, 0.25) is 0 Å². The molecule has 0 aliphatic rings. The van der Waals surface area contributed by atoms with Crippen molar-refractivity contribution in [2.24, 2.45) is 0 Å². The van der Waals surface area contributed by atoms with Crippen molar-refractivity contribution >= 4 is 21.7 Å². The fourth-order valence-electron chi connectivity index (χ4n) is 1.46. The maximum atomic E-state index is 4.53. The van der Waals surface area contributed by atoms with Crippen LogP contribution in [-0.2, 0) is 0 Å². The van der Waals surface area contributed by atoms with Crippen molar-refractivity contribution in [3.63, 3.8) is 0 Å². The number of pyridine rings is 1. The minimum absolute atomic E-state index is 1.05. The van der Waals surface area contributed by atoms with Crippen molar-refractivity contribution in [2.45, 2.75) is 33.1 Å². The highest BCUT2D eigenvalue weighted by Crippen LogP contribution is 2.18. The van der Waals surface area contributed by atoms with Crippen LogP contribution >= 0.6 is 15.9 Å². The molecule has 0 bridgehead atoms. The molecule has 1 aromatic heterocycles. The predicted molar refractivity (Wildman–Crippen MR) is 69.5 cm³/mol. The lowest BCUT2D eigenvalue weighted by molar-refractivity contribution is 0.701. The van der Waals surface area contributed by atoms with Crippen molar-refractivity contribution in [3.05, 3.63) is 22.3 Å². The van der Waals surface area contributed by atoms with E-state index in [4.69, 9.17) is 0 Å². The Morgan fingerprint density at radius 2 is 2.07 bits per heavy atom. The molecule has 0 unspecified atom stereocenters. The Kier molecular flexibility index (Phi) is 5.09. The molecule has 1 heterocycles. The van der Waals surface area contributed by atoms with E-state index in [0.717, 1.165) is 22.5 Å². The van der Waals surface area contributed by atoms with Gasteiger partial charge in [0.2, 0.25) is 0 Å².